The molecule has 3 heteroatoms. The van der Waals surface area contributed by atoms with Crippen molar-refractivity contribution in [3.05, 3.63) is 71.7 Å². The van der Waals surface area contributed by atoms with Gasteiger partial charge in [0.2, 0.25) is 0 Å². The number of rotatable bonds is 5. The standard InChI is InChI=1S/C19H23N3/c1-15-8-4-5-9-17(15)19(2,3)14-20-12-16-13-21-18-10-6-7-11-22(16)18/h4-11,13,20H,12,14H2,1-3H3. The second kappa shape index (κ2) is 5.93. The monoisotopic (exact) mass is 293 g/mol. The highest BCUT2D eigenvalue weighted by atomic mass is 15.0. The maximum atomic E-state index is 4.43. The quantitative estimate of drug-likeness (QED) is 0.777. The molecule has 2 heterocycles. The molecule has 0 atom stereocenters. The summed E-state index contributed by atoms with van der Waals surface area (Å²) in [4.78, 5) is 4.43. The molecule has 0 aliphatic carbocycles. The predicted octanol–water partition coefficient (Wildman–Crippen LogP) is 3.71. The maximum Gasteiger partial charge on any atom is 0.136 e. The van der Waals surface area contributed by atoms with Crippen molar-refractivity contribution in [1.29, 1.82) is 0 Å². The molecule has 22 heavy (non-hydrogen) atoms. The van der Waals surface area contributed by atoms with Gasteiger partial charge in [0, 0.05) is 24.7 Å². The van der Waals surface area contributed by atoms with Crippen LogP contribution in [0.2, 0.25) is 0 Å². The first-order valence-electron chi connectivity index (χ1n) is 7.76. The zero-order chi connectivity index (χ0) is 15.6. The van der Waals surface area contributed by atoms with Gasteiger partial charge in [0.1, 0.15) is 5.65 Å². The molecule has 0 bridgehead atoms. The molecule has 0 saturated heterocycles. The van der Waals surface area contributed by atoms with Crippen LogP contribution in [-0.4, -0.2) is 15.9 Å². The van der Waals surface area contributed by atoms with Gasteiger partial charge in [-0.15, -0.1) is 0 Å². The first-order valence-corrected chi connectivity index (χ1v) is 7.76. The van der Waals surface area contributed by atoms with Crippen LogP contribution in [0.25, 0.3) is 5.65 Å². The van der Waals surface area contributed by atoms with Crippen LogP contribution >= 0.6 is 0 Å². The molecule has 2 aromatic heterocycles. The zero-order valence-corrected chi connectivity index (χ0v) is 13.5. The molecule has 0 saturated carbocycles. The highest BCUT2D eigenvalue weighted by Gasteiger charge is 2.21. The van der Waals surface area contributed by atoms with Crippen molar-refractivity contribution in [3.8, 4) is 0 Å². The summed E-state index contributed by atoms with van der Waals surface area (Å²) in [6.45, 7) is 8.51. The molecule has 0 radical (unpaired) electrons. The smallest absolute Gasteiger partial charge is 0.136 e. The third kappa shape index (κ3) is 2.90. The van der Waals surface area contributed by atoms with Crippen molar-refractivity contribution in [2.24, 2.45) is 0 Å². The molecule has 114 valence electrons. The topological polar surface area (TPSA) is 29.3 Å². The molecule has 0 aliphatic rings. The fourth-order valence-electron chi connectivity index (χ4n) is 3.05. The zero-order valence-electron chi connectivity index (χ0n) is 13.5. The second-order valence-corrected chi connectivity index (χ2v) is 6.48. The van der Waals surface area contributed by atoms with Crippen molar-refractivity contribution in [3.63, 3.8) is 0 Å². The van der Waals surface area contributed by atoms with Crippen LogP contribution in [0.1, 0.15) is 30.7 Å². The Labute approximate surface area is 132 Å². The third-order valence-corrected chi connectivity index (χ3v) is 4.24. The Kier molecular flexibility index (Phi) is 3.99. The number of pyridine rings is 1. The molecule has 1 aromatic carbocycles. The number of fused-ring (bicyclic) bond motifs is 1. The number of imidazole rings is 1. The largest absolute Gasteiger partial charge is 0.310 e. The summed E-state index contributed by atoms with van der Waals surface area (Å²) < 4.78 is 2.13. The van der Waals surface area contributed by atoms with Crippen molar-refractivity contribution in [2.45, 2.75) is 32.7 Å². The Balaban J connectivity index is 1.69. The average Bonchev–Trinajstić information content (AvgIpc) is 2.91. The van der Waals surface area contributed by atoms with E-state index < -0.39 is 0 Å². The van der Waals surface area contributed by atoms with Crippen LogP contribution in [0.15, 0.2) is 54.9 Å². The number of hydrogen-bond acceptors (Lipinski definition) is 2. The molecule has 1 N–H and O–H groups in total. The van der Waals surface area contributed by atoms with Gasteiger partial charge in [-0.25, -0.2) is 4.98 Å². The van der Waals surface area contributed by atoms with Gasteiger partial charge in [-0.05, 0) is 30.2 Å². The molecule has 0 unspecified atom stereocenters. The van der Waals surface area contributed by atoms with Crippen molar-refractivity contribution < 1.29 is 0 Å². The molecule has 0 fully saturated rings. The van der Waals surface area contributed by atoms with E-state index in [1.165, 1.54) is 16.8 Å². The SMILES string of the molecule is Cc1ccccc1C(C)(C)CNCc1cnc2ccccn12. The lowest BCUT2D eigenvalue weighted by Gasteiger charge is -2.27. The van der Waals surface area contributed by atoms with Crippen LogP contribution < -0.4 is 5.32 Å². The minimum absolute atomic E-state index is 0.103. The van der Waals surface area contributed by atoms with Crippen LogP contribution in [0, 0.1) is 6.92 Å². The summed E-state index contributed by atoms with van der Waals surface area (Å²) in [7, 11) is 0. The molecule has 3 aromatic rings. The van der Waals surface area contributed by atoms with Crippen LogP contribution in [0.5, 0.6) is 0 Å². The number of aromatic nitrogens is 2. The van der Waals surface area contributed by atoms with Crippen LogP contribution in [0.4, 0.5) is 0 Å². The summed E-state index contributed by atoms with van der Waals surface area (Å²) in [5, 5.41) is 3.59. The minimum atomic E-state index is 0.103. The minimum Gasteiger partial charge on any atom is -0.310 e. The molecule has 0 amide bonds. The first kappa shape index (κ1) is 14.8. The number of aryl methyl sites for hydroxylation is 1. The highest BCUT2D eigenvalue weighted by Crippen LogP contribution is 2.25. The molecule has 3 nitrogen and oxygen atoms in total. The van der Waals surface area contributed by atoms with E-state index in [0.717, 1.165) is 18.7 Å². The van der Waals surface area contributed by atoms with Gasteiger partial charge in [-0.2, -0.15) is 0 Å². The number of nitrogens with one attached hydrogen (secondary N) is 1. The number of nitrogens with zero attached hydrogens (tertiary/aromatic N) is 2. The summed E-state index contributed by atoms with van der Waals surface area (Å²) in [5.41, 5.74) is 5.05. The molecule has 3 rings (SSSR count). The normalized spacial score (nSPS) is 12.0. The van der Waals surface area contributed by atoms with Crippen LogP contribution in [-0.2, 0) is 12.0 Å². The molecular formula is C19H23N3. The Bertz CT molecular complexity index is 771. The fourth-order valence-corrected chi connectivity index (χ4v) is 3.05. The Morgan fingerprint density at radius 2 is 1.86 bits per heavy atom. The third-order valence-electron chi connectivity index (χ3n) is 4.24. The summed E-state index contributed by atoms with van der Waals surface area (Å²) in [6.07, 6.45) is 4.01. The summed E-state index contributed by atoms with van der Waals surface area (Å²) >= 11 is 0. The lowest BCUT2D eigenvalue weighted by Crippen LogP contribution is -2.33. The summed E-state index contributed by atoms with van der Waals surface area (Å²) in [5.74, 6) is 0. The van der Waals surface area contributed by atoms with Gasteiger partial charge in [-0.3, -0.25) is 0 Å². The van der Waals surface area contributed by atoms with Gasteiger partial charge in [0.25, 0.3) is 0 Å². The lowest BCUT2D eigenvalue weighted by atomic mass is 9.82. The highest BCUT2D eigenvalue weighted by molar-refractivity contribution is 5.39. The van der Waals surface area contributed by atoms with Crippen molar-refractivity contribution in [1.82, 2.24) is 14.7 Å². The van der Waals surface area contributed by atoms with E-state index in [2.05, 4.69) is 65.9 Å². The van der Waals surface area contributed by atoms with E-state index in [4.69, 9.17) is 0 Å². The number of benzene rings is 1. The molecule has 0 aliphatic heterocycles. The van der Waals surface area contributed by atoms with E-state index in [-0.39, 0.29) is 5.41 Å². The van der Waals surface area contributed by atoms with E-state index in [1.54, 1.807) is 0 Å². The second-order valence-electron chi connectivity index (χ2n) is 6.48. The van der Waals surface area contributed by atoms with Crippen LogP contribution in [0.3, 0.4) is 0 Å². The Morgan fingerprint density at radius 3 is 2.68 bits per heavy atom. The average molecular weight is 293 g/mol. The summed E-state index contributed by atoms with van der Waals surface area (Å²) in [6, 6.07) is 14.7. The first-order chi connectivity index (χ1) is 10.6. The van der Waals surface area contributed by atoms with Gasteiger partial charge < -0.3 is 9.72 Å². The van der Waals surface area contributed by atoms with Gasteiger partial charge in [0.15, 0.2) is 0 Å². The molecular weight excluding hydrogens is 270 g/mol. The van der Waals surface area contributed by atoms with Crippen molar-refractivity contribution in [2.75, 3.05) is 6.54 Å². The van der Waals surface area contributed by atoms with E-state index in [1.807, 2.05) is 24.4 Å². The van der Waals surface area contributed by atoms with E-state index in [9.17, 15) is 0 Å². The van der Waals surface area contributed by atoms with E-state index >= 15 is 0 Å². The fraction of sp³-hybridized carbons (Fsp3) is 0.316. The van der Waals surface area contributed by atoms with Crippen molar-refractivity contribution >= 4 is 5.65 Å². The maximum absolute atomic E-state index is 4.43. The van der Waals surface area contributed by atoms with E-state index in [0.29, 0.717) is 0 Å². The molecule has 0 spiro atoms. The predicted molar refractivity (Wildman–Crippen MR) is 91.1 cm³/mol. The number of hydrogen-bond donors (Lipinski definition) is 1. The van der Waals surface area contributed by atoms with Gasteiger partial charge in [-0.1, -0.05) is 44.2 Å². The van der Waals surface area contributed by atoms with Gasteiger partial charge >= 0.3 is 0 Å². The van der Waals surface area contributed by atoms with Gasteiger partial charge in [0.05, 0.1) is 11.9 Å². The lowest BCUT2D eigenvalue weighted by molar-refractivity contribution is 0.464. The Morgan fingerprint density at radius 1 is 1.09 bits per heavy atom. The Hall–Kier alpha value is -2.13.